The number of aliphatic carboxylic acids is 1. The number of carbonyl (C=O) groups excluding carboxylic acids is 1. The summed E-state index contributed by atoms with van der Waals surface area (Å²) in [5, 5.41) is 19.7. The zero-order chi connectivity index (χ0) is 16.1. The molecule has 2 rings (SSSR count). The number of carboxylic acid groups (broad SMARTS) is 1. The van der Waals surface area contributed by atoms with E-state index in [1.54, 1.807) is 13.8 Å². The highest BCUT2D eigenvalue weighted by Crippen LogP contribution is 2.57. The summed E-state index contributed by atoms with van der Waals surface area (Å²) in [6.45, 7) is 4.67. The summed E-state index contributed by atoms with van der Waals surface area (Å²) in [6, 6.07) is 0. The summed E-state index contributed by atoms with van der Waals surface area (Å²) >= 11 is 0. The summed E-state index contributed by atoms with van der Waals surface area (Å²) < 4.78 is 19.7. The predicted octanol–water partition coefficient (Wildman–Crippen LogP) is 1.41. The SMILES string of the molecule is CC(=C/C(=O)O)/C=C/[C@]1(O)[C@@]2(C)CO[C@]1(C)[C@@H](F)C(=O)C2. The van der Waals surface area contributed by atoms with Gasteiger partial charge >= 0.3 is 5.97 Å². The molecule has 4 atom stereocenters. The van der Waals surface area contributed by atoms with E-state index in [4.69, 9.17) is 9.84 Å². The van der Waals surface area contributed by atoms with Gasteiger partial charge in [0.1, 0.15) is 11.2 Å². The number of carbonyl (C=O) groups is 2. The Bertz CT molecular complexity index is 554. The first-order valence-electron chi connectivity index (χ1n) is 6.69. The monoisotopic (exact) mass is 298 g/mol. The zero-order valence-electron chi connectivity index (χ0n) is 12.2. The van der Waals surface area contributed by atoms with Crippen molar-refractivity contribution in [2.45, 2.75) is 44.6 Å². The van der Waals surface area contributed by atoms with Crippen LogP contribution >= 0.6 is 0 Å². The Morgan fingerprint density at radius 2 is 2.10 bits per heavy atom. The number of alkyl halides is 1. The number of hydrogen-bond donors (Lipinski definition) is 2. The van der Waals surface area contributed by atoms with Crippen molar-refractivity contribution < 1.29 is 28.9 Å². The van der Waals surface area contributed by atoms with Gasteiger partial charge in [-0.3, -0.25) is 4.79 Å². The van der Waals surface area contributed by atoms with Crippen molar-refractivity contribution in [3.8, 4) is 0 Å². The average Bonchev–Trinajstić information content (AvgIpc) is 2.51. The quantitative estimate of drug-likeness (QED) is 0.608. The number of aliphatic hydroxyl groups is 1. The summed E-state index contributed by atoms with van der Waals surface area (Å²) in [5.41, 5.74) is -3.87. The van der Waals surface area contributed by atoms with E-state index < -0.39 is 34.5 Å². The van der Waals surface area contributed by atoms with Gasteiger partial charge in [-0.25, -0.2) is 9.18 Å². The van der Waals surface area contributed by atoms with Crippen molar-refractivity contribution in [3.63, 3.8) is 0 Å². The van der Waals surface area contributed by atoms with E-state index in [1.165, 1.54) is 19.1 Å². The summed E-state index contributed by atoms with van der Waals surface area (Å²) in [7, 11) is 0. The highest BCUT2D eigenvalue weighted by Gasteiger charge is 2.71. The van der Waals surface area contributed by atoms with Gasteiger partial charge in [0.05, 0.1) is 6.61 Å². The van der Waals surface area contributed by atoms with E-state index in [1.807, 2.05) is 0 Å². The number of ketones is 1. The minimum absolute atomic E-state index is 0.0677. The van der Waals surface area contributed by atoms with Crippen LogP contribution in [0.4, 0.5) is 4.39 Å². The van der Waals surface area contributed by atoms with Crippen molar-refractivity contribution in [3.05, 3.63) is 23.8 Å². The predicted molar refractivity (Wildman–Crippen MR) is 72.5 cm³/mol. The number of allylic oxidation sites excluding steroid dienone is 2. The molecule has 6 heteroatoms. The summed E-state index contributed by atoms with van der Waals surface area (Å²) in [6.07, 6.45) is 1.72. The maximum atomic E-state index is 14.3. The van der Waals surface area contributed by atoms with Crippen molar-refractivity contribution in [1.29, 1.82) is 0 Å². The lowest BCUT2D eigenvalue weighted by molar-refractivity contribution is -0.173. The number of ether oxygens (including phenoxy) is 1. The zero-order valence-corrected chi connectivity index (χ0v) is 12.2. The molecular weight excluding hydrogens is 279 g/mol. The molecule has 0 aromatic carbocycles. The lowest BCUT2D eigenvalue weighted by Gasteiger charge is -2.48. The number of rotatable bonds is 3. The van der Waals surface area contributed by atoms with E-state index in [-0.39, 0.29) is 13.0 Å². The fraction of sp³-hybridized carbons (Fsp3) is 0.600. The second-order valence-corrected chi connectivity index (χ2v) is 6.29. The molecule has 21 heavy (non-hydrogen) atoms. The molecule has 0 unspecified atom stereocenters. The minimum Gasteiger partial charge on any atom is -0.478 e. The van der Waals surface area contributed by atoms with Crippen LogP contribution in [0.3, 0.4) is 0 Å². The molecule has 2 fully saturated rings. The Morgan fingerprint density at radius 1 is 1.48 bits per heavy atom. The highest BCUT2D eigenvalue weighted by molar-refractivity contribution is 5.87. The Kier molecular flexibility index (Phi) is 3.58. The van der Waals surface area contributed by atoms with Crippen LogP contribution in [0.2, 0.25) is 0 Å². The van der Waals surface area contributed by atoms with Gasteiger partial charge in [-0.15, -0.1) is 0 Å². The number of halogens is 1. The fourth-order valence-electron chi connectivity index (χ4n) is 3.22. The summed E-state index contributed by atoms with van der Waals surface area (Å²) in [4.78, 5) is 22.4. The first kappa shape index (κ1) is 15.9. The molecule has 2 aliphatic rings. The fourth-order valence-corrected chi connectivity index (χ4v) is 3.22. The number of hydrogen-bond acceptors (Lipinski definition) is 4. The van der Waals surface area contributed by atoms with Crippen molar-refractivity contribution >= 4 is 11.8 Å². The van der Waals surface area contributed by atoms with Crippen LogP contribution in [0, 0.1) is 5.41 Å². The largest absolute Gasteiger partial charge is 0.478 e. The van der Waals surface area contributed by atoms with Crippen LogP contribution < -0.4 is 0 Å². The number of fused-ring (bicyclic) bond motifs is 2. The maximum Gasteiger partial charge on any atom is 0.328 e. The molecule has 116 valence electrons. The second kappa shape index (κ2) is 4.74. The Balaban J connectivity index is 2.43. The molecule has 0 radical (unpaired) electrons. The summed E-state index contributed by atoms with van der Waals surface area (Å²) in [5.74, 6) is -1.68. The van der Waals surface area contributed by atoms with Gasteiger partial charge in [-0.1, -0.05) is 13.0 Å². The van der Waals surface area contributed by atoms with Crippen molar-refractivity contribution in [2.24, 2.45) is 5.41 Å². The van der Waals surface area contributed by atoms with Crippen molar-refractivity contribution in [1.82, 2.24) is 0 Å². The lowest BCUT2D eigenvalue weighted by Crippen LogP contribution is -2.65. The Morgan fingerprint density at radius 3 is 2.67 bits per heavy atom. The van der Waals surface area contributed by atoms with Crippen LogP contribution in [-0.2, 0) is 14.3 Å². The molecular formula is C15H19FO5. The third-order valence-corrected chi connectivity index (χ3v) is 4.64. The molecule has 1 saturated carbocycles. The maximum absolute atomic E-state index is 14.3. The van der Waals surface area contributed by atoms with Gasteiger partial charge in [0.15, 0.2) is 12.0 Å². The third-order valence-electron chi connectivity index (χ3n) is 4.64. The Hall–Kier alpha value is -1.53. The van der Waals surface area contributed by atoms with Crippen LogP contribution in [0.1, 0.15) is 27.2 Å². The molecule has 2 bridgehead atoms. The molecule has 5 nitrogen and oxygen atoms in total. The second-order valence-electron chi connectivity index (χ2n) is 6.29. The van der Waals surface area contributed by atoms with E-state index in [2.05, 4.69) is 0 Å². The molecule has 0 aromatic rings. The van der Waals surface area contributed by atoms with E-state index >= 15 is 0 Å². The van der Waals surface area contributed by atoms with E-state index in [0.717, 1.165) is 6.08 Å². The van der Waals surface area contributed by atoms with Gasteiger partial charge < -0.3 is 14.9 Å². The standard InChI is InChI=1S/C15H19FO5/c1-9(6-11(18)19)4-5-15(20)13(2)7-10(17)12(16)14(15,3)21-8-13/h4-6,12,20H,7-8H2,1-3H3,(H,18,19)/b5-4+,9-6-/t12-,13+,14+,15-/m0/s1. The highest BCUT2D eigenvalue weighted by atomic mass is 19.1. The molecule has 1 aliphatic heterocycles. The number of Topliss-reactive ketones (excluding diaryl/α,β-unsaturated/α-hetero) is 1. The first-order valence-corrected chi connectivity index (χ1v) is 6.69. The molecule has 1 aliphatic carbocycles. The van der Waals surface area contributed by atoms with Crippen LogP contribution in [0.25, 0.3) is 0 Å². The lowest BCUT2D eigenvalue weighted by atomic mass is 9.59. The van der Waals surface area contributed by atoms with E-state index in [9.17, 15) is 19.1 Å². The normalized spacial score (nSPS) is 43.6. The molecule has 0 amide bonds. The minimum atomic E-state index is -1.91. The van der Waals surface area contributed by atoms with Crippen LogP contribution in [-0.4, -0.2) is 45.9 Å². The van der Waals surface area contributed by atoms with Crippen LogP contribution in [0.5, 0.6) is 0 Å². The first-order chi connectivity index (χ1) is 9.56. The van der Waals surface area contributed by atoms with E-state index in [0.29, 0.717) is 5.57 Å². The molecule has 1 saturated heterocycles. The topological polar surface area (TPSA) is 83.8 Å². The van der Waals surface area contributed by atoms with Gasteiger partial charge in [-0.05, 0) is 25.5 Å². The smallest absolute Gasteiger partial charge is 0.328 e. The molecule has 1 heterocycles. The van der Waals surface area contributed by atoms with Gasteiger partial charge in [0.25, 0.3) is 0 Å². The van der Waals surface area contributed by atoms with Gasteiger partial charge in [0, 0.05) is 17.9 Å². The average molecular weight is 298 g/mol. The molecule has 0 aromatic heterocycles. The van der Waals surface area contributed by atoms with Gasteiger partial charge in [-0.2, -0.15) is 0 Å². The molecule has 0 spiro atoms. The van der Waals surface area contributed by atoms with Gasteiger partial charge in [0.2, 0.25) is 0 Å². The third kappa shape index (κ3) is 2.13. The Labute approximate surface area is 122 Å². The molecule has 2 N–H and O–H groups in total. The van der Waals surface area contributed by atoms with Crippen molar-refractivity contribution in [2.75, 3.05) is 6.61 Å². The number of carboxylic acids is 1. The van der Waals surface area contributed by atoms with Crippen LogP contribution in [0.15, 0.2) is 23.8 Å².